The Balaban J connectivity index is 1.27. The maximum atomic E-state index is 13.3. The Morgan fingerprint density at radius 1 is 1.03 bits per heavy atom. The van der Waals surface area contributed by atoms with Crippen molar-refractivity contribution in [2.45, 2.75) is 39.2 Å². The van der Waals surface area contributed by atoms with E-state index in [9.17, 15) is 9.59 Å². The highest BCUT2D eigenvalue weighted by Crippen LogP contribution is 2.33. The van der Waals surface area contributed by atoms with E-state index in [1.807, 2.05) is 52.3 Å². The highest BCUT2D eigenvalue weighted by atomic mass is 16.3. The standard InChI is InChI=1S/C27H30N2O3/c1-18(2)29(17-19-11-13-28(16-19)26(30)21-7-8-21)27(31)22-5-3-20(4-6-22)23-9-10-25-24(15-23)12-14-32-25/h3-6,9-10,12,14-15,18-19,21H,7-8,11,13,16-17H2,1-2H3/t19-/m1/s1. The number of nitrogens with zero attached hydrogens (tertiary/aromatic N) is 2. The van der Waals surface area contributed by atoms with Crippen LogP contribution in [0.3, 0.4) is 0 Å². The molecule has 2 amide bonds. The van der Waals surface area contributed by atoms with Gasteiger partial charge in [0.2, 0.25) is 5.91 Å². The van der Waals surface area contributed by atoms with E-state index in [2.05, 4.69) is 19.9 Å². The molecule has 0 unspecified atom stereocenters. The predicted octanol–water partition coefficient (Wildman–Crippen LogP) is 5.21. The number of furan rings is 1. The maximum absolute atomic E-state index is 13.3. The maximum Gasteiger partial charge on any atom is 0.254 e. The minimum absolute atomic E-state index is 0.0591. The number of rotatable bonds is 6. The lowest BCUT2D eigenvalue weighted by Crippen LogP contribution is -2.41. The van der Waals surface area contributed by atoms with Gasteiger partial charge in [0.05, 0.1) is 6.26 Å². The molecule has 5 nitrogen and oxygen atoms in total. The minimum atomic E-state index is 0.0591. The number of carbonyl (C=O) groups excluding carboxylic acids is 2. The molecule has 1 atom stereocenters. The Kier molecular flexibility index (Phi) is 5.50. The Hall–Kier alpha value is -3.08. The predicted molar refractivity (Wildman–Crippen MR) is 125 cm³/mol. The third-order valence-corrected chi connectivity index (χ3v) is 6.78. The second-order valence-corrected chi connectivity index (χ2v) is 9.52. The first-order chi connectivity index (χ1) is 15.5. The fourth-order valence-corrected chi connectivity index (χ4v) is 4.69. The summed E-state index contributed by atoms with van der Waals surface area (Å²) in [5.41, 5.74) is 3.75. The summed E-state index contributed by atoms with van der Waals surface area (Å²) in [7, 11) is 0. The van der Waals surface area contributed by atoms with E-state index < -0.39 is 0 Å². The fraction of sp³-hybridized carbons (Fsp3) is 0.407. The van der Waals surface area contributed by atoms with Crippen molar-refractivity contribution in [1.82, 2.24) is 9.80 Å². The van der Waals surface area contributed by atoms with Crippen molar-refractivity contribution in [2.24, 2.45) is 11.8 Å². The van der Waals surface area contributed by atoms with Crippen LogP contribution in [0, 0.1) is 11.8 Å². The number of likely N-dealkylation sites (tertiary alicyclic amines) is 1. The molecule has 1 aliphatic heterocycles. The summed E-state index contributed by atoms with van der Waals surface area (Å²) >= 11 is 0. The molecular formula is C27H30N2O3. The molecule has 0 radical (unpaired) electrons. The van der Waals surface area contributed by atoms with Crippen LogP contribution >= 0.6 is 0 Å². The molecule has 2 aliphatic rings. The summed E-state index contributed by atoms with van der Waals surface area (Å²) in [6.45, 7) is 6.43. The number of hydrogen-bond donors (Lipinski definition) is 0. The average molecular weight is 431 g/mol. The Morgan fingerprint density at radius 2 is 1.78 bits per heavy atom. The quantitative estimate of drug-likeness (QED) is 0.539. The molecular weight excluding hydrogens is 400 g/mol. The van der Waals surface area contributed by atoms with E-state index in [-0.39, 0.29) is 17.9 Å². The zero-order valence-corrected chi connectivity index (χ0v) is 18.8. The lowest BCUT2D eigenvalue weighted by molar-refractivity contribution is -0.131. The highest BCUT2D eigenvalue weighted by molar-refractivity contribution is 5.95. The normalized spacial score (nSPS) is 18.5. The van der Waals surface area contributed by atoms with Crippen molar-refractivity contribution in [2.75, 3.05) is 19.6 Å². The van der Waals surface area contributed by atoms with Crippen LogP contribution < -0.4 is 0 Å². The van der Waals surface area contributed by atoms with Gasteiger partial charge in [0, 0.05) is 42.5 Å². The van der Waals surface area contributed by atoms with Crippen LogP contribution in [0.15, 0.2) is 59.2 Å². The fourth-order valence-electron chi connectivity index (χ4n) is 4.69. The summed E-state index contributed by atoms with van der Waals surface area (Å²) < 4.78 is 5.43. The average Bonchev–Trinajstić information content (AvgIpc) is 3.36. The van der Waals surface area contributed by atoms with E-state index in [1.54, 1.807) is 6.26 Å². The van der Waals surface area contributed by atoms with Gasteiger partial charge in [0.15, 0.2) is 0 Å². The van der Waals surface area contributed by atoms with Crippen LogP contribution in [-0.4, -0.2) is 47.3 Å². The van der Waals surface area contributed by atoms with E-state index in [0.29, 0.717) is 23.9 Å². The topological polar surface area (TPSA) is 53.8 Å². The summed E-state index contributed by atoms with van der Waals surface area (Å²) in [6.07, 6.45) is 4.76. The lowest BCUT2D eigenvalue weighted by atomic mass is 10.0. The van der Waals surface area contributed by atoms with Gasteiger partial charge >= 0.3 is 0 Å². The van der Waals surface area contributed by atoms with Gasteiger partial charge in [0.25, 0.3) is 5.91 Å². The van der Waals surface area contributed by atoms with Crippen molar-refractivity contribution in [3.05, 3.63) is 60.4 Å². The zero-order valence-electron chi connectivity index (χ0n) is 18.8. The van der Waals surface area contributed by atoms with Crippen LogP contribution in [0.5, 0.6) is 0 Å². The van der Waals surface area contributed by atoms with Crippen LogP contribution in [0.2, 0.25) is 0 Å². The van der Waals surface area contributed by atoms with Gasteiger partial charge in [0.1, 0.15) is 5.58 Å². The number of carbonyl (C=O) groups is 2. The molecule has 0 N–H and O–H groups in total. The SMILES string of the molecule is CC(C)N(C[C@@H]1CCN(C(=O)C2CC2)C1)C(=O)c1ccc(-c2ccc3occc3c2)cc1. The summed E-state index contributed by atoms with van der Waals surface area (Å²) in [5, 5.41) is 1.07. The molecule has 1 saturated heterocycles. The van der Waals surface area contributed by atoms with E-state index in [0.717, 1.165) is 54.4 Å². The molecule has 0 bridgehead atoms. The van der Waals surface area contributed by atoms with Gasteiger partial charge in [-0.1, -0.05) is 18.2 Å². The molecule has 2 heterocycles. The summed E-state index contributed by atoms with van der Waals surface area (Å²) in [6, 6.07) is 16.1. The van der Waals surface area contributed by atoms with Gasteiger partial charge in [-0.3, -0.25) is 9.59 Å². The van der Waals surface area contributed by atoms with Crippen LogP contribution in [0.4, 0.5) is 0 Å². The molecule has 0 spiro atoms. The van der Waals surface area contributed by atoms with Crippen molar-refractivity contribution < 1.29 is 14.0 Å². The molecule has 32 heavy (non-hydrogen) atoms. The Labute approximate surface area is 189 Å². The molecule has 3 aromatic rings. The number of hydrogen-bond acceptors (Lipinski definition) is 3. The first kappa shape index (κ1) is 20.8. The number of fused-ring (bicyclic) bond motifs is 1. The second-order valence-electron chi connectivity index (χ2n) is 9.52. The van der Waals surface area contributed by atoms with Gasteiger partial charge < -0.3 is 14.2 Å². The molecule has 5 heteroatoms. The zero-order chi connectivity index (χ0) is 22.2. The second kappa shape index (κ2) is 8.45. The smallest absolute Gasteiger partial charge is 0.254 e. The Morgan fingerprint density at radius 3 is 2.50 bits per heavy atom. The Bertz CT molecular complexity index is 1130. The van der Waals surface area contributed by atoms with Gasteiger partial charge in [-0.25, -0.2) is 0 Å². The molecule has 5 rings (SSSR count). The third-order valence-electron chi connectivity index (χ3n) is 6.78. The number of benzene rings is 2. The van der Waals surface area contributed by atoms with E-state index in [4.69, 9.17) is 4.42 Å². The first-order valence-electron chi connectivity index (χ1n) is 11.7. The number of amides is 2. The third kappa shape index (κ3) is 4.16. The minimum Gasteiger partial charge on any atom is -0.464 e. The molecule has 1 aromatic heterocycles. The highest BCUT2D eigenvalue weighted by Gasteiger charge is 2.37. The van der Waals surface area contributed by atoms with E-state index in [1.165, 1.54) is 0 Å². The summed E-state index contributed by atoms with van der Waals surface area (Å²) in [5.74, 6) is 0.997. The van der Waals surface area contributed by atoms with Crippen LogP contribution in [0.25, 0.3) is 22.1 Å². The molecule has 1 aliphatic carbocycles. The largest absolute Gasteiger partial charge is 0.464 e. The van der Waals surface area contributed by atoms with Crippen molar-refractivity contribution in [1.29, 1.82) is 0 Å². The van der Waals surface area contributed by atoms with Gasteiger partial charge in [-0.15, -0.1) is 0 Å². The summed E-state index contributed by atoms with van der Waals surface area (Å²) in [4.78, 5) is 29.7. The van der Waals surface area contributed by atoms with E-state index >= 15 is 0 Å². The molecule has 2 aromatic carbocycles. The molecule has 2 fully saturated rings. The lowest BCUT2D eigenvalue weighted by Gasteiger charge is -2.30. The monoisotopic (exact) mass is 430 g/mol. The van der Waals surface area contributed by atoms with Crippen LogP contribution in [0.1, 0.15) is 43.5 Å². The van der Waals surface area contributed by atoms with Crippen molar-refractivity contribution in [3.63, 3.8) is 0 Å². The van der Waals surface area contributed by atoms with Crippen molar-refractivity contribution >= 4 is 22.8 Å². The molecule has 1 saturated carbocycles. The van der Waals surface area contributed by atoms with Gasteiger partial charge in [-0.2, -0.15) is 0 Å². The van der Waals surface area contributed by atoms with Gasteiger partial charge in [-0.05, 0) is 80.5 Å². The first-order valence-corrected chi connectivity index (χ1v) is 11.7. The molecule has 166 valence electrons. The van der Waals surface area contributed by atoms with Crippen LogP contribution in [-0.2, 0) is 4.79 Å². The van der Waals surface area contributed by atoms with Crippen molar-refractivity contribution in [3.8, 4) is 11.1 Å².